The van der Waals surface area contributed by atoms with Crippen molar-refractivity contribution in [1.82, 2.24) is 0 Å². The molecule has 18 heavy (non-hydrogen) atoms. The van der Waals surface area contributed by atoms with Gasteiger partial charge in [-0.05, 0) is 42.8 Å². The Labute approximate surface area is 103 Å². The van der Waals surface area contributed by atoms with Gasteiger partial charge in [0.2, 0.25) is 0 Å². The van der Waals surface area contributed by atoms with Gasteiger partial charge in [0.1, 0.15) is 11.6 Å². The highest BCUT2D eigenvalue weighted by molar-refractivity contribution is 5.62. The molecule has 0 spiro atoms. The van der Waals surface area contributed by atoms with Gasteiger partial charge in [0.25, 0.3) is 0 Å². The van der Waals surface area contributed by atoms with Gasteiger partial charge < -0.3 is 5.32 Å². The Hall–Kier alpha value is -2.41. The van der Waals surface area contributed by atoms with E-state index < -0.39 is 11.6 Å². The maximum Gasteiger partial charge on any atom is 0.147 e. The Kier molecular flexibility index (Phi) is 3.24. The highest BCUT2D eigenvalue weighted by Crippen LogP contribution is 2.23. The summed E-state index contributed by atoms with van der Waals surface area (Å²) in [6, 6.07) is 10.5. The van der Waals surface area contributed by atoms with E-state index in [1.807, 2.05) is 6.07 Å². The molecular formula is C14H10F2N2. The topological polar surface area (TPSA) is 35.8 Å². The normalized spacial score (nSPS) is 9.89. The molecule has 4 heteroatoms. The third kappa shape index (κ3) is 2.46. The van der Waals surface area contributed by atoms with Gasteiger partial charge in [0.05, 0.1) is 23.0 Å². The van der Waals surface area contributed by atoms with Gasteiger partial charge in [0, 0.05) is 0 Å². The van der Waals surface area contributed by atoms with Gasteiger partial charge in [-0.25, -0.2) is 8.78 Å². The quantitative estimate of drug-likeness (QED) is 0.869. The number of nitrogens with one attached hydrogen (secondary N) is 1. The van der Waals surface area contributed by atoms with Crippen LogP contribution in [-0.2, 0) is 0 Å². The summed E-state index contributed by atoms with van der Waals surface area (Å²) >= 11 is 0. The maximum absolute atomic E-state index is 13.6. The van der Waals surface area contributed by atoms with Crippen molar-refractivity contribution in [3.63, 3.8) is 0 Å². The lowest BCUT2D eigenvalue weighted by Gasteiger charge is -2.09. The minimum absolute atomic E-state index is 0.136. The fourth-order valence-corrected chi connectivity index (χ4v) is 1.55. The van der Waals surface area contributed by atoms with E-state index in [2.05, 4.69) is 5.32 Å². The molecule has 0 fully saturated rings. The molecule has 0 radical (unpaired) electrons. The molecular weight excluding hydrogens is 234 g/mol. The lowest BCUT2D eigenvalue weighted by atomic mass is 10.2. The summed E-state index contributed by atoms with van der Waals surface area (Å²) in [5.41, 5.74) is 1.35. The van der Waals surface area contributed by atoms with Crippen LogP contribution in [0.3, 0.4) is 0 Å². The highest BCUT2D eigenvalue weighted by atomic mass is 19.1. The van der Waals surface area contributed by atoms with Gasteiger partial charge in [-0.15, -0.1) is 0 Å². The van der Waals surface area contributed by atoms with E-state index in [1.54, 1.807) is 19.1 Å². The predicted molar refractivity (Wildman–Crippen MR) is 65.5 cm³/mol. The van der Waals surface area contributed by atoms with Crippen LogP contribution >= 0.6 is 0 Å². The SMILES string of the molecule is Cc1ccc(Nc2ccc(C#N)cc2F)c(F)c1. The monoisotopic (exact) mass is 244 g/mol. The first kappa shape index (κ1) is 12.1. The molecule has 0 saturated carbocycles. The molecule has 0 aliphatic rings. The Morgan fingerprint density at radius 2 is 1.61 bits per heavy atom. The molecule has 2 nitrogen and oxygen atoms in total. The average Bonchev–Trinajstić information content (AvgIpc) is 2.34. The minimum atomic E-state index is -0.589. The Morgan fingerprint density at radius 3 is 2.17 bits per heavy atom. The van der Waals surface area contributed by atoms with E-state index in [1.165, 1.54) is 18.2 Å². The van der Waals surface area contributed by atoms with Crippen molar-refractivity contribution in [2.24, 2.45) is 0 Å². The fraction of sp³-hybridized carbons (Fsp3) is 0.0714. The summed E-state index contributed by atoms with van der Waals surface area (Å²) in [6.07, 6.45) is 0. The molecule has 2 aromatic carbocycles. The van der Waals surface area contributed by atoms with Crippen molar-refractivity contribution in [3.8, 4) is 6.07 Å². The number of benzene rings is 2. The molecule has 2 aromatic rings. The molecule has 0 aromatic heterocycles. The van der Waals surface area contributed by atoms with E-state index in [-0.39, 0.29) is 16.9 Å². The zero-order valence-corrected chi connectivity index (χ0v) is 9.67. The standard InChI is InChI=1S/C14H10F2N2/c1-9-2-4-13(11(15)6-9)18-14-5-3-10(8-17)7-12(14)16/h2-7,18H,1H3. The van der Waals surface area contributed by atoms with Crippen LogP contribution < -0.4 is 5.32 Å². The van der Waals surface area contributed by atoms with E-state index in [0.29, 0.717) is 0 Å². The second-order valence-corrected chi connectivity index (χ2v) is 3.91. The van der Waals surface area contributed by atoms with Gasteiger partial charge in [-0.1, -0.05) is 6.07 Å². The third-order valence-electron chi connectivity index (χ3n) is 2.49. The van der Waals surface area contributed by atoms with E-state index in [9.17, 15) is 8.78 Å². The van der Waals surface area contributed by atoms with Crippen LogP contribution in [0.25, 0.3) is 0 Å². The molecule has 0 aliphatic heterocycles. The number of halogens is 2. The Balaban J connectivity index is 2.32. The number of hydrogen-bond acceptors (Lipinski definition) is 2. The van der Waals surface area contributed by atoms with Crippen LogP contribution in [0.1, 0.15) is 11.1 Å². The van der Waals surface area contributed by atoms with Crippen molar-refractivity contribution >= 4 is 11.4 Å². The fourth-order valence-electron chi connectivity index (χ4n) is 1.55. The van der Waals surface area contributed by atoms with Crippen molar-refractivity contribution in [2.75, 3.05) is 5.32 Å². The number of rotatable bonds is 2. The number of aryl methyl sites for hydroxylation is 1. The van der Waals surface area contributed by atoms with Crippen LogP contribution in [0.4, 0.5) is 20.2 Å². The number of hydrogen-bond donors (Lipinski definition) is 1. The third-order valence-corrected chi connectivity index (χ3v) is 2.49. The van der Waals surface area contributed by atoms with Gasteiger partial charge in [0.15, 0.2) is 0 Å². The molecule has 0 amide bonds. The second-order valence-electron chi connectivity index (χ2n) is 3.91. The van der Waals surface area contributed by atoms with Gasteiger partial charge in [-0.3, -0.25) is 0 Å². The average molecular weight is 244 g/mol. The number of nitriles is 1. The first-order valence-corrected chi connectivity index (χ1v) is 5.33. The van der Waals surface area contributed by atoms with Crippen LogP contribution in [0.2, 0.25) is 0 Å². The first-order valence-electron chi connectivity index (χ1n) is 5.33. The molecule has 90 valence electrons. The second kappa shape index (κ2) is 4.84. The Morgan fingerprint density at radius 1 is 1.00 bits per heavy atom. The van der Waals surface area contributed by atoms with Crippen LogP contribution in [-0.4, -0.2) is 0 Å². The molecule has 0 bridgehead atoms. The van der Waals surface area contributed by atoms with Crippen LogP contribution in [0.15, 0.2) is 36.4 Å². The number of anilines is 2. The number of nitrogens with zero attached hydrogens (tertiary/aromatic N) is 1. The molecule has 0 atom stereocenters. The zero-order chi connectivity index (χ0) is 13.1. The highest BCUT2D eigenvalue weighted by Gasteiger charge is 2.07. The summed E-state index contributed by atoms with van der Waals surface area (Å²) in [6.45, 7) is 1.77. The summed E-state index contributed by atoms with van der Waals surface area (Å²) in [5.74, 6) is -1.03. The van der Waals surface area contributed by atoms with E-state index in [4.69, 9.17) is 5.26 Å². The Bertz CT molecular complexity index is 630. The maximum atomic E-state index is 13.6. The first-order chi connectivity index (χ1) is 8.60. The van der Waals surface area contributed by atoms with Crippen molar-refractivity contribution in [2.45, 2.75) is 6.92 Å². The molecule has 0 saturated heterocycles. The van der Waals surface area contributed by atoms with Gasteiger partial charge in [-0.2, -0.15) is 5.26 Å². The largest absolute Gasteiger partial charge is 0.351 e. The van der Waals surface area contributed by atoms with Crippen molar-refractivity contribution in [3.05, 3.63) is 59.2 Å². The lowest BCUT2D eigenvalue weighted by Crippen LogP contribution is -1.97. The lowest BCUT2D eigenvalue weighted by molar-refractivity contribution is 0.624. The zero-order valence-electron chi connectivity index (χ0n) is 9.67. The summed E-state index contributed by atoms with van der Waals surface area (Å²) < 4.78 is 27.2. The van der Waals surface area contributed by atoms with E-state index >= 15 is 0 Å². The smallest absolute Gasteiger partial charge is 0.147 e. The molecule has 1 N–H and O–H groups in total. The van der Waals surface area contributed by atoms with Crippen molar-refractivity contribution < 1.29 is 8.78 Å². The predicted octanol–water partition coefficient (Wildman–Crippen LogP) is 3.89. The summed E-state index contributed by atoms with van der Waals surface area (Å²) in [7, 11) is 0. The molecule has 0 heterocycles. The molecule has 0 aliphatic carbocycles. The van der Waals surface area contributed by atoms with Crippen LogP contribution in [0, 0.1) is 29.9 Å². The van der Waals surface area contributed by atoms with Crippen LogP contribution in [0.5, 0.6) is 0 Å². The summed E-state index contributed by atoms with van der Waals surface area (Å²) in [4.78, 5) is 0. The van der Waals surface area contributed by atoms with Crippen molar-refractivity contribution in [1.29, 1.82) is 5.26 Å². The van der Waals surface area contributed by atoms with E-state index in [0.717, 1.165) is 11.6 Å². The minimum Gasteiger partial charge on any atom is -0.351 e. The van der Waals surface area contributed by atoms with Gasteiger partial charge >= 0.3 is 0 Å². The molecule has 2 rings (SSSR count). The summed E-state index contributed by atoms with van der Waals surface area (Å²) in [5, 5.41) is 11.3. The molecule has 0 unspecified atom stereocenters.